The van der Waals surface area contributed by atoms with Crippen LogP contribution in [0.1, 0.15) is 85.5 Å². The molecule has 4 aliphatic rings. The van der Waals surface area contributed by atoms with E-state index in [2.05, 4.69) is 15.5 Å². The lowest BCUT2D eigenvalue weighted by Gasteiger charge is -2.47. The molecule has 3 fully saturated rings. The fourth-order valence-electron chi connectivity index (χ4n) is 10.2. The van der Waals surface area contributed by atoms with E-state index in [1.54, 1.807) is 80.5 Å². The minimum absolute atomic E-state index is 0.0126. The summed E-state index contributed by atoms with van der Waals surface area (Å²) in [6.07, 6.45) is 4.24. The van der Waals surface area contributed by atoms with Crippen molar-refractivity contribution in [3.63, 3.8) is 0 Å². The number of aliphatic hydroxyl groups excluding tert-OH is 10. The standard InChI is InChI=1S/C57H92N4O18/c1-36-19-16-14-12-10-8-6-7-9-11-13-15-17-20-43(78-56-54(73)51(53(72)39(4)77-56)59-48(69)35-58-5)32-47-50(55(74)61-26-24-60(25-27-61)23-18-28-62)46(68)34-57(75,79-47)33-42(65)30-45(67)44(66)22-21-40(63)29-41(64)31-49(70)76-38(3)37(2)52(36)71/h6-17,19-20,36-47,50-54,56,58,62-68,71-73,75H,18,21-35H2,1-5H3,(H,59,69)/b7-6+,10-8+,11-9+,14-12+,15-13+,19-16+,20-17+/t36-,37-,38-,39+,40+,41+,42-,43-,44+,45+,46-,47-,50+,51-,52+,53+,54-,56-,57+/m0/s1. The lowest BCUT2D eigenvalue weighted by Crippen LogP contribution is -2.64. The van der Waals surface area contributed by atoms with Gasteiger partial charge in [0.1, 0.15) is 18.3 Å². The summed E-state index contributed by atoms with van der Waals surface area (Å²) in [5, 5.41) is 127. The van der Waals surface area contributed by atoms with Gasteiger partial charge in [0.2, 0.25) is 11.8 Å². The topological polar surface area (TPSA) is 341 Å². The Balaban J connectivity index is 1.66. The molecule has 79 heavy (non-hydrogen) atoms. The Morgan fingerprint density at radius 3 is 1.91 bits per heavy atom. The van der Waals surface area contributed by atoms with E-state index < -0.39 is 153 Å². The highest BCUT2D eigenvalue weighted by atomic mass is 16.7. The molecule has 3 saturated heterocycles. The predicted molar refractivity (Wildman–Crippen MR) is 292 cm³/mol. The van der Waals surface area contributed by atoms with Crippen LogP contribution in [-0.4, -0.2) is 234 Å². The molecule has 0 aliphatic carbocycles. The number of hydrogen-bond donors (Lipinski definition) is 13. The molecule has 4 rings (SSSR count). The Labute approximate surface area is 465 Å². The van der Waals surface area contributed by atoms with Gasteiger partial charge in [0.15, 0.2) is 12.1 Å². The largest absolute Gasteiger partial charge is 0.462 e. The molecule has 22 heteroatoms. The molecule has 19 atom stereocenters. The number of allylic oxidation sites excluding steroid dienone is 12. The zero-order chi connectivity index (χ0) is 58.2. The molecule has 4 heterocycles. The van der Waals surface area contributed by atoms with Crippen molar-refractivity contribution in [1.29, 1.82) is 0 Å². The summed E-state index contributed by atoms with van der Waals surface area (Å²) in [6.45, 7) is 8.87. The van der Waals surface area contributed by atoms with Crippen molar-refractivity contribution >= 4 is 17.8 Å². The number of piperazine rings is 1. The zero-order valence-corrected chi connectivity index (χ0v) is 46.5. The van der Waals surface area contributed by atoms with Gasteiger partial charge in [0, 0.05) is 76.8 Å². The SMILES string of the molecule is CNCC(=O)N[C@@H]1[C@H](O)[C@H](O[C@H]2/C=C/C=C/C=C/C=C/C=C/C=C/C=C/[C@H](C)[C@@H](O)[C@@H](C)[C@H](C)OC(=O)C[C@H](O)C[C@H](O)CC[C@@H](O)[C@H](O)C[C@H](O)C[C@]3(O)C[C@H](O)[C@@H](C(=O)N4CCN(CCCO)CC4)[C@H](C2)O3)O[C@H](C)[C@H]1O. The molecule has 448 valence electrons. The fourth-order valence-corrected chi connectivity index (χ4v) is 10.2. The van der Waals surface area contributed by atoms with Gasteiger partial charge in [-0.15, -0.1) is 0 Å². The maximum atomic E-state index is 14.6. The van der Waals surface area contributed by atoms with Crippen LogP contribution in [0.2, 0.25) is 0 Å². The molecule has 2 amide bonds. The Hall–Kier alpha value is -4.05. The van der Waals surface area contributed by atoms with Crippen LogP contribution in [0.25, 0.3) is 0 Å². The first-order chi connectivity index (χ1) is 37.6. The van der Waals surface area contributed by atoms with Gasteiger partial charge >= 0.3 is 5.97 Å². The lowest BCUT2D eigenvalue weighted by atomic mass is 9.81. The van der Waals surface area contributed by atoms with Crippen LogP contribution in [0.4, 0.5) is 0 Å². The van der Waals surface area contributed by atoms with E-state index in [0.717, 1.165) is 0 Å². The Kier molecular flexibility index (Phi) is 29.4. The summed E-state index contributed by atoms with van der Waals surface area (Å²) in [7, 11) is 1.56. The molecule has 0 saturated carbocycles. The first-order valence-corrected chi connectivity index (χ1v) is 27.8. The summed E-state index contributed by atoms with van der Waals surface area (Å²) in [4.78, 5) is 43.7. The van der Waals surface area contributed by atoms with Gasteiger partial charge in [-0.05, 0) is 46.6 Å². The first kappa shape index (κ1) is 67.5. The molecule has 0 aromatic rings. The second kappa shape index (κ2) is 34.4. The number of carbonyl (C=O) groups is 3. The molecule has 22 nitrogen and oxygen atoms in total. The van der Waals surface area contributed by atoms with Crippen LogP contribution in [0.5, 0.6) is 0 Å². The van der Waals surface area contributed by atoms with Crippen LogP contribution in [-0.2, 0) is 33.3 Å². The highest BCUT2D eigenvalue weighted by Crippen LogP contribution is 2.39. The number of aliphatic hydroxyl groups is 11. The number of carbonyl (C=O) groups excluding carboxylic acids is 3. The molecule has 0 radical (unpaired) electrons. The number of rotatable bonds is 9. The smallest absolute Gasteiger partial charge is 0.308 e. The van der Waals surface area contributed by atoms with Crippen molar-refractivity contribution in [3.8, 4) is 0 Å². The number of esters is 1. The maximum absolute atomic E-state index is 14.6. The molecular formula is C57H92N4O18. The number of likely N-dealkylation sites (N-methyl/N-ethyl adjacent to an activating group) is 1. The molecule has 0 spiro atoms. The summed E-state index contributed by atoms with van der Waals surface area (Å²) >= 11 is 0. The normalized spacial score (nSPS) is 40.9. The van der Waals surface area contributed by atoms with E-state index in [-0.39, 0.29) is 44.8 Å². The van der Waals surface area contributed by atoms with Crippen molar-refractivity contribution in [2.24, 2.45) is 17.8 Å². The van der Waals surface area contributed by atoms with Gasteiger partial charge in [0.25, 0.3) is 0 Å². The average molecular weight is 1120 g/mol. The minimum atomic E-state index is -2.32. The van der Waals surface area contributed by atoms with Crippen molar-refractivity contribution in [2.45, 2.75) is 183 Å². The van der Waals surface area contributed by atoms with Crippen molar-refractivity contribution in [2.75, 3.05) is 52.9 Å². The first-order valence-electron chi connectivity index (χ1n) is 27.8. The van der Waals surface area contributed by atoms with Gasteiger partial charge < -0.3 is 90.7 Å². The Morgan fingerprint density at radius 1 is 0.696 bits per heavy atom. The lowest BCUT2D eigenvalue weighted by molar-refractivity contribution is -0.308. The number of amides is 2. The van der Waals surface area contributed by atoms with Gasteiger partial charge in [-0.2, -0.15) is 0 Å². The molecule has 0 aromatic heterocycles. The minimum Gasteiger partial charge on any atom is -0.462 e. The predicted octanol–water partition coefficient (Wildman–Crippen LogP) is -0.469. The third-order valence-corrected chi connectivity index (χ3v) is 15.0. The highest BCUT2D eigenvalue weighted by Gasteiger charge is 2.52. The molecule has 2 bridgehead atoms. The highest BCUT2D eigenvalue weighted by molar-refractivity contribution is 5.80. The molecule has 4 aliphatic heterocycles. The summed E-state index contributed by atoms with van der Waals surface area (Å²) in [6, 6.07) is -1.23. The van der Waals surface area contributed by atoms with Crippen LogP contribution in [0.15, 0.2) is 85.1 Å². The van der Waals surface area contributed by atoms with Crippen LogP contribution >= 0.6 is 0 Å². The number of fused-ring (bicyclic) bond motifs is 2. The average Bonchev–Trinajstić information content (AvgIpc) is 3.44. The van der Waals surface area contributed by atoms with Crippen LogP contribution < -0.4 is 10.6 Å². The van der Waals surface area contributed by atoms with E-state index in [0.29, 0.717) is 39.1 Å². The monoisotopic (exact) mass is 1120 g/mol. The number of cyclic esters (lactones) is 1. The third kappa shape index (κ3) is 22.7. The molecular weight excluding hydrogens is 1030 g/mol. The van der Waals surface area contributed by atoms with E-state index in [9.17, 15) is 70.6 Å². The van der Waals surface area contributed by atoms with Gasteiger partial charge in [-0.25, -0.2) is 0 Å². The number of ether oxygens (including phenoxy) is 4. The number of hydrogen-bond acceptors (Lipinski definition) is 20. The molecule has 0 unspecified atom stereocenters. The Bertz CT molecular complexity index is 2050. The van der Waals surface area contributed by atoms with Gasteiger partial charge in [0.05, 0.1) is 86.0 Å². The Morgan fingerprint density at radius 2 is 1.30 bits per heavy atom. The zero-order valence-electron chi connectivity index (χ0n) is 46.5. The fraction of sp³-hybridized carbons (Fsp3) is 0.702. The number of nitrogens with one attached hydrogen (secondary N) is 2. The van der Waals surface area contributed by atoms with E-state index >= 15 is 0 Å². The van der Waals surface area contributed by atoms with E-state index in [1.807, 2.05) is 37.3 Å². The van der Waals surface area contributed by atoms with Crippen molar-refractivity contribution in [1.82, 2.24) is 20.4 Å². The maximum Gasteiger partial charge on any atom is 0.308 e. The van der Waals surface area contributed by atoms with Gasteiger partial charge in [-0.3, -0.25) is 19.3 Å². The summed E-state index contributed by atoms with van der Waals surface area (Å²) in [5.74, 6) is -6.09. The number of nitrogens with zero attached hydrogens (tertiary/aromatic N) is 2. The second-order valence-electron chi connectivity index (χ2n) is 21.5. The molecule has 13 N–H and O–H groups in total. The van der Waals surface area contributed by atoms with Crippen LogP contribution in [0.3, 0.4) is 0 Å². The van der Waals surface area contributed by atoms with Gasteiger partial charge in [-0.1, -0.05) is 98.9 Å². The van der Waals surface area contributed by atoms with Crippen molar-refractivity contribution < 1.29 is 89.5 Å². The van der Waals surface area contributed by atoms with Crippen LogP contribution in [0, 0.1) is 17.8 Å². The summed E-state index contributed by atoms with van der Waals surface area (Å²) in [5.41, 5.74) is 0. The van der Waals surface area contributed by atoms with E-state index in [4.69, 9.17) is 18.9 Å². The summed E-state index contributed by atoms with van der Waals surface area (Å²) < 4.78 is 24.3. The quantitative estimate of drug-likeness (QED) is 0.130. The van der Waals surface area contributed by atoms with E-state index in [1.165, 1.54) is 6.92 Å². The molecule has 0 aromatic carbocycles. The second-order valence-corrected chi connectivity index (χ2v) is 21.5. The third-order valence-electron chi connectivity index (χ3n) is 15.0. The van der Waals surface area contributed by atoms with Crippen molar-refractivity contribution in [3.05, 3.63) is 85.1 Å².